The van der Waals surface area contributed by atoms with E-state index >= 15 is 0 Å². The number of hydrogen-bond donors (Lipinski definition) is 1. The monoisotopic (exact) mass is 320 g/mol. The second kappa shape index (κ2) is 7.29. The summed E-state index contributed by atoms with van der Waals surface area (Å²) in [5, 5.41) is 0. The molecule has 0 saturated heterocycles. The minimum atomic E-state index is 0. The standard InChI is InChI=1S/C13H20N4O.2ClH/c14-11-3-1-2-10(8-11)13(18)17-7-6-16-5-4-15-12(16)9-17;;/h4-5,10-11H,1-3,6-9,14H2;2*1H. The molecule has 1 fully saturated rings. The molecule has 1 aliphatic heterocycles. The van der Waals surface area contributed by atoms with Gasteiger partial charge < -0.3 is 15.2 Å². The molecule has 2 N–H and O–H groups in total. The summed E-state index contributed by atoms with van der Waals surface area (Å²) >= 11 is 0. The van der Waals surface area contributed by atoms with Gasteiger partial charge in [-0.1, -0.05) is 6.42 Å². The number of aromatic nitrogens is 2. The first-order chi connectivity index (χ1) is 8.74. The lowest BCUT2D eigenvalue weighted by atomic mass is 9.85. The van der Waals surface area contributed by atoms with E-state index < -0.39 is 0 Å². The Morgan fingerprint density at radius 1 is 1.30 bits per heavy atom. The van der Waals surface area contributed by atoms with E-state index in [0.717, 1.165) is 44.6 Å². The predicted molar refractivity (Wildman–Crippen MR) is 82.1 cm³/mol. The Labute approximate surface area is 131 Å². The number of rotatable bonds is 1. The van der Waals surface area contributed by atoms with Crippen LogP contribution in [-0.4, -0.2) is 32.9 Å². The molecule has 2 atom stereocenters. The summed E-state index contributed by atoms with van der Waals surface area (Å²) in [6, 6.07) is 0.208. The highest BCUT2D eigenvalue weighted by atomic mass is 35.5. The van der Waals surface area contributed by atoms with Gasteiger partial charge in [0.15, 0.2) is 0 Å². The average Bonchev–Trinajstić information content (AvgIpc) is 2.85. The van der Waals surface area contributed by atoms with E-state index in [-0.39, 0.29) is 42.7 Å². The molecule has 1 aromatic heterocycles. The second-order valence-corrected chi connectivity index (χ2v) is 5.42. The van der Waals surface area contributed by atoms with Gasteiger partial charge in [-0.05, 0) is 19.3 Å². The summed E-state index contributed by atoms with van der Waals surface area (Å²) in [5.74, 6) is 1.41. The van der Waals surface area contributed by atoms with E-state index in [1.165, 1.54) is 0 Å². The fourth-order valence-electron chi connectivity index (χ4n) is 3.07. The number of carbonyl (C=O) groups is 1. The van der Waals surface area contributed by atoms with Crippen molar-refractivity contribution in [1.82, 2.24) is 14.5 Å². The maximum Gasteiger partial charge on any atom is 0.226 e. The fraction of sp³-hybridized carbons (Fsp3) is 0.692. The van der Waals surface area contributed by atoms with E-state index in [4.69, 9.17) is 5.73 Å². The molecule has 2 unspecified atom stereocenters. The molecule has 0 aromatic carbocycles. The molecular formula is C13H22Cl2N4O. The van der Waals surface area contributed by atoms with Crippen molar-refractivity contribution in [2.45, 2.75) is 44.8 Å². The van der Waals surface area contributed by atoms with Gasteiger partial charge in [0.25, 0.3) is 0 Å². The zero-order valence-electron chi connectivity index (χ0n) is 11.4. The summed E-state index contributed by atoms with van der Waals surface area (Å²) in [7, 11) is 0. The van der Waals surface area contributed by atoms with Crippen LogP contribution in [0.25, 0.3) is 0 Å². The summed E-state index contributed by atoms with van der Waals surface area (Å²) in [5.41, 5.74) is 5.97. The van der Waals surface area contributed by atoms with Gasteiger partial charge >= 0.3 is 0 Å². The molecule has 0 radical (unpaired) electrons. The maximum atomic E-state index is 12.5. The molecule has 2 heterocycles. The van der Waals surface area contributed by atoms with E-state index in [1.807, 2.05) is 11.1 Å². The zero-order valence-corrected chi connectivity index (χ0v) is 13.0. The Bertz CT molecular complexity index is 451. The highest BCUT2D eigenvalue weighted by molar-refractivity contribution is 5.85. The minimum absolute atomic E-state index is 0. The molecular weight excluding hydrogens is 299 g/mol. The van der Waals surface area contributed by atoms with Crippen molar-refractivity contribution in [3.05, 3.63) is 18.2 Å². The van der Waals surface area contributed by atoms with Crippen LogP contribution < -0.4 is 5.73 Å². The van der Waals surface area contributed by atoms with Crippen molar-refractivity contribution >= 4 is 30.7 Å². The number of imidazole rings is 1. The Hall–Kier alpha value is -0.780. The number of nitrogens with zero attached hydrogens (tertiary/aromatic N) is 3. The molecule has 0 bridgehead atoms. The van der Waals surface area contributed by atoms with Crippen LogP contribution in [-0.2, 0) is 17.9 Å². The van der Waals surface area contributed by atoms with Gasteiger partial charge in [0.2, 0.25) is 5.91 Å². The third kappa shape index (κ3) is 3.45. The third-order valence-electron chi connectivity index (χ3n) is 4.12. The predicted octanol–water partition coefficient (Wildman–Crippen LogP) is 1.59. The van der Waals surface area contributed by atoms with Crippen LogP contribution in [0.1, 0.15) is 31.5 Å². The van der Waals surface area contributed by atoms with Crippen molar-refractivity contribution in [3.8, 4) is 0 Å². The lowest BCUT2D eigenvalue weighted by molar-refractivity contribution is -0.138. The number of fused-ring (bicyclic) bond motifs is 1. The van der Waals surface area contributed by atoms with Crippen LogP contribution in [0.2, 0.25) is 0 Å². The Balaban J connectivity index is 0.000001000. The van der Waals surface area contributed by atoms with Crippen LogP contribution in [0.15, 0.2) is 12.4 Å². The SMILES string of the molecule is Cl.Cl.NC1CCCC(C(=O)N2CCn3ccnc3C2)C1. The van der Waals surface area contributed by atoms with E-state index in [9.17, 15) is 4.79 Å². The third-order valence-corrected chi connectivity index (χ3v) is 4.12. The maximum absolute atomic E-state index is 12.5. The Morgan fingerprint density at radius 3 is 2.85 bits per heavy atom. The first-order valence-electron chi connectivity index (χ1n) is 6.78. The average molecular weight is 321 g/mol. The second-order valence-electron chi connectivity index (χ2n) is 5.42. The Morgan fingerprint density at radius 2 is 2.10 bits per heavy atom. The minimum Gasteiger partial charge on any atom is -0.333 e. The largest absolute Gasteiger partial charge is 0.333 e. The van der Waals surface area contributed by atoms with Crippen molar-refractivity contribution in [2.75, 3.05) is 6.54 Å². The van der Waals surface area contributed by atoms with Gasteiger partial charge in [-0.15, -0.1) is 24.8 Å². The van der Waals surface area contributed by atoms with Gasteiger partial charge in [0.05, 0.1) is 6.54 Å². The van der Waals surface area contributed by atoms with E-state index in [0.29, 0.717) is 6.54 Å². The number of hydrogen-bond acceptors (Lipinski definition) is 3. The van der Waals surface area contributed by atoms with Gasteiger partial charge in [-0.25, -0.2) is 4.98 Å². The van der Waals surface area contributed by atoms with Crippen molar-refractivity contribution in [3.63, 3.8) is 0 Å². The van der Waals surface area contributed by atoms with Crippen molar-refractivity contribution < 1.29 is 4.79 Å². The number of amides is 1. The first-order valence-corrected chi connectivity index (χ1v) is 6.78. The van der Waals surface area contributed by atoms with Gasteiger partial charge in [-0.2, -0.15) is 0 Å². The smallest absolute Gasteiger partial charge is 0.226 e. The zero-order chi connectivity index (χ0) is 12.5. The van der Waals surface area contributed by atoms with E-state index in [2.05, 4.69) is 9.55 Å². The van der Waals surface area contributed by atoms with Gasteiger partial charge in [0.1, 0.15) is 5.82 Å². The lowest BCUT2D eigenvalue weighted by Gasteiger charge is -2.33. The highest BCUT2D eigenvalue weighted by Gasteiger charge is 2.30. The molecule has 1 amide bonds. The summed E-state index contributed by atoms with van der Waals surface area (Å²) in [6.45, 7) is 2.31. The summed E-state index contributed by atoms with van der Waals surface area (Å²) in [6.07, 6.45) is 7.78. The first kappa shape index (κ1) is 17.3. The van der Waals surface area contributed by atoms with Gasteiger partial charge in [0, 0.05) is 37.4 Å². The molecule has 20 heavy (non-hydrogen) atoms. The summed E-state index contributed by atoms with van der Waals surface area (Å²) < 4.78 is 2.12. The van der Waals surface area contributed by atoms with E-state index in [1.54, 1.807) is 6.20 Å². The quantitative estimate of drug-likeness (QED) is 0.854. The molecule has 1 aliphatic carbocycles. The van der Waals surface area contributed by atoms with Crippen molar-refractivity contribution in [1.29, 1.82) is 0 Å². The molecule has 7 heteroatoms. The van der Waals surface area contributed by atoms with Crippen LogP contribution in [0, 0.1) is 5.92 Å². The highest BCUT2D eigenvalue weighted by Crippen LogP contribution is 2.26. The molecule has 1 saturated carbocycles. The van der Waals surface area contributed by atoms with Gasteiger partial charge in [-0.3, -0.25) is 4.79 Å². The summed E-state index contributed by atoms with van der Waals surface area (Å²) in [4.78, 5) is 18.7. The molecule has 1 aromatic rings. The molecule has 0 spiro atoms. The number of carbonyl (C=O) groups excluding carboxylic acids is 1. The van der Waals surface area contributed by atoms with Crippen LogP contribution >= 0.6 is 24.8 Å². The lowest BCUT2D eigenvalue weighted by Crippen LogP contribution is -2.44. The number of nitrogens with two attached hydrogens (primary N) is 1. The Kier molecular flexibility index (Phi) is 6.30. The van der Waals surface area contributed by atoms with Crippen molar-refractivity contribution in [2.24, 2.45) is 11.7 Å². The molecule has 5 nitrogen and oxygen atoms in total. The van der Waals surface area contributed by atoms with Crippen LogP contribution in [0.3, 0.4) is 0 Å². The normalized spacial score (nSPS) is 25.1. The molecule has 2 aliphatic rings. The molecule has 114 valence electrons. The van der Waals surface area contributed by atoms with Crippen LogP contribution in [0.5, 0.6) is 0 Å². The van der Waals surface area contributed by atoms with Crippen LogP contribution in [0.4, 0.5) is 0 Å². The number of halogens is 2. The fourth-order valence-corrected chi connectivity index (χ4v) is 3.07. The topological polar surface area (TPSA) is 64.2 Å². The molecule has 3 rings (SSSR count).